The van der Waals surface area contributed by atoms with Crippen LogP contribution in [-0.2, 0) is 0 Å². The summed E-state index contributed by atoms with van der Waals surface area (Å²) in [7, 11) is 0. The zero-order chi connectivity index (χ0) is 13.9. The van der Waals surface area contributed by atoms with E-state index in [0.717, 1.165) is 18.9 Å². The molecule has 1 unspecified atom stereocenters. The maximum absolute atomic E-state index is 4.75. The summed E-state index contributed by atoms with van der Waals surface area (Å²) in [5.74, 6) is 2.06. The Morgan fingerprint density at radius 3 is 2.67 bits per heavy atom. The predicted molar refractivity (Wildman–Crippen MR) is 92.5 cm³/mol. The minimum absolute atomic E-state index is 0. The lowest BCUT2D eigenvalue weighted by Gasteiger charge is -2.23. The number of halogens is 1. The second-order valence-corrected chi connectivity index (χ2v) is 6.46. The first-order valence-corrected chi connectivity index (χ1v) is 8.11. The standard InChI is InChI=1S/C18H26N2.ClH/c1-13-7-10-16(14(2)12-13)18(15-8-9-15)20-17-6-4-3-5-11-19-17;/h7,10,12,15,18H,3-6,8-9,11H2,1-2H3,(H,19,20);1H. The topological polar surface area (TPSA) is 24.4 Å². The molecule has 0 bridgehead atoms. The van der Waals surface area contributed by atoms with Gasteiger partial charge in [0.2, 0.25) is 0 Å². The van der Waals surface area contributed by atoms with Gasteiger partial charge in [0.15, 0.2) is 0 Å². The van der Waals surface area contributed by atoms with Crippen molar-refractivity contribution in [2.24, 2.45) is 10.9 Å². The fraction of sp³-hybridized carbons (Fsp3) is 0.611. The molecule has 3 rings (SSSR count). The Morgan fingerprint density at radius 1 is 1.14 bits per heavy atom. The van der Waals surface area contributed by atoms with Crippen molar-refractivity contribution in [3.8, 4) is 0 Å². The highest BCUT2D eigenvalue weighted by Gasteiger charge is 2.33. The molecule has 1 aliphatic heterocycles. The molecule has 1 atom stereocenters. The van der Waals surface area contributed by atoms with Crippen molar-refractivity contribution in [3.63, 3.8) is 0 Å². The Balaban J connectivity index is 0.00000161. The largest absolute Gasteiger partial charge is 0.367 e. The van der Waals surface area contributed by atoms with E-state index in [1.165, 1.54) is 54.6 Å². The Bertz CT molecular complexity index is 506. The summed E-state index contributed by atoms with van der Waals surface area (Å²) in [4.78, 5) is 4.75. The van der Waals surface area contributed by atoms with Crippen molar-refractivity contribution < 1.29 is 0 Å². The molecule has 1 aromatic rings. The maximum atomic E-state index is 4.75. The van der Waals surface area contributed by atoms with Crippen LogP contribution >= 0.6 is 12.4 Å². The van der Waals surface area contributed by atoms with Gasteiger partial charge in [0.05, 0.1) is 11.9 Å². The minimum atomic E-state index is 0. The second kappa shape index (κ2) is 7.31. The molecule has 1 aromatic carbocycles. The molecule has 0 amide bonds. The molecule has 1 fully saturated rings. The lowest BCUT2D eigenvalue weighted by molar-refractivity contribution is 0.560. The van der Waals surface area contributed by atoms with E-state index in [4.69, 9.17) is 4.99 Å². The van der Waals surface area contributed by atoms with Crippen molar-refractivity contribution >= 4 is 18.2 Å². The molecule has 0 saturated heterocycles. The van der Waals surface area contributed by atoms with Crippen LogP contribution in [-0.4, -0.2) is 12.4 Å². The lowest BCUT2D eigenvalue weighted by Crippen LogP contribution is -2.30. The summed E-state index contributed by atoms with van der Waals surface area (Å²) in [5.41, 5.74) is 4.25. The van der Waals surface area contributed by atoms with Crippen LogP contribution < -0.4 is 5.32 Å². The normalized spacial score (nSPS) is 20.0. The van der Waals surface area contributed by atoms with Gasteiger partial charge in [-0.15, -0.1) is 12.4 Å². The van der Waals surface area contributed by atoms with Crippen LogP contribution in [0.2, 0.25) is 0 Å². The molecule has 0 aromatic heterocycles. The number of hydrogen-bond donors (Lipinski definition) is 1. The van der Waals surface area contributed by atoms with Gasteiger partial charge in [-0.2, -0.15) is 0 Å². The van der Waals surface area contributed by atoms with Crippen LogP contribution in [0.4, 0.5) is 0 Å². The maximum Gasteiger partial charge on any atom is 0.0967 e. The summed E-state index contributed by atoms with van der Waals surface area (Å²) in [6.45, 7) is 5.42. The number of aliphatic imine (C=N–C) groups is 1. The summed E-state index contributed by atoms with van der Waals surface area (Å²) in [6, 6.07) is 7.35. The number of hydrogen-bond acceptors (Lipinski definition) is 2. The first-order valence-electron chi connectivity index (χ1n) is 8.11. The molecule has 116 valence electrons. The summed E-state index contributed by atoms with van der Waals surface area (Å²) < 4.78 is 0. The average Bonchev–Trinajstić information content (AvgIpc) is 3.25. The highest BCUT2D eigenvalue weighted by molar-refractivity contribution is 5.85. The SMILES string of the molecule is Cc1ccc(C(NC2=NCCCCC2)C2CC2)c(C)c1.Cl. The molecule has 2 aliphatic rings. The average molecular weight is 307 g/mol. The first kappa shape index (κ1) is 16.4. The zero-order valence-corrected chi connectivity index (χ0v) is 14.0. The Hall–Kier alpha value is -1.02. The number of rotatable bonds is 3. The van der Waals surface area contributed by atoms with Crippen molar-refractivity contribution in [2.45, 2.75) is 58.4 Å². The Kier molecular flexibility index (Phi) is 5.69. The number of amidine groups is 1. The third-order valence-corrected chi connectivity index (χ3v) is 4.55. The van der Waals surface area contributed by atoms with E-state index in [2.05, 4.69) is 37.4 Å². The molecule has 21 heavy (non-hydrogen) atoms. The molecular weight excluding hydrogens is 280 g/mol. The van der Waals surface area contributed by atoms with Crippen LogP contribution in [0.15, 0.2) is 23.2 Å². The quantitative estimate of drug-likeness (QED) is 0.857. The van der Waals surface area contributed by atoms with Crippen molar-refractivity contribution in [1.82, 2.24) is 5.32 Å². The number of nitrogens with zero attached hydrogens (tertiary/aromatic N) is 1. The fourth-order valence-corrected chi connectivity index (χ4v) is 3.23. The molecule has 1 N–H and O–H groups in total. The van der Waals surface area contributed by atoms with Gasteiger partial charge in [0.25, 0.3) is 0 Å². The van der Waals surface area contributed by atoms with Gasteiger partial charge in [-0.25, -0.2) is 0 Å². The molecular formula is C18H27ClN2. The van der Waals surface area contributed by atoms with E-state index < -0.39 is 0 Å². The lowest BCUT2D eigenvalue weighted by atomic mass is 9.95. The van der Waals surface area contributed by atoms with Gasteiger partial charge >= 0.3 is 0 Å². The summed E-state index contributed by atoms with van der Waals surface area (Å²) >= 11 is 0. The van der Waals surface area contributed by atoms with Crippen molar-refractivity contribution in [3.05, 3.63) is 34.9 Å². The number of benzene rings is 1. The summed E-state index contributed by atoms with van der Waals surface area (Å²) in [6.07, 6.45) is 7.72. The highest BCUT2D eigenvalue weighted by atomic mass is 35.5. The van der Waals surface area contributed by atoms with E-state index in [1.54, 1.807) is 0 Å². The zero-order valence-electron chi connectivity index (χ0n) is 13.2. The molecule has 1 heterocycles. The van der Waals surface area contributed by atoms with E-state index in [0.29, 0.717) is 6.04 Å². The third kappa shape index (κ3) is 4.23. The summed E-state index contributed by atoms with van der Waals surface area (Å²) in [5, 5.41) is 3.78. The smallest absolute Gasteiger partial charge is 0.0967 e. The van der Waals surface area contributed by atoms with Crippen LogP contribution in [0, 0.1) is 19.8 Å². The first-order chi connectivity index (χ1) is 9.74. The molecule has 1 aliphatic carbocycles. The second-order valence-electron chi connectivity index (χ2n) is 6.46. The fourth-order valence-electron chi connectivity index (χ4n) is 3.23. The van der Waals surface area contributed by atoms with Gasteiger partial charge in [-0.1, -0.05) is 30.2 Å². The minimum Gasteiger partial charge on any atom is -0.367 e. The van der Waals surface area contributed by atoms with E-state index >= 15 is 0 Å². The van der Waals surface area contributed by atoms with Gasteiger partial charge in [-0.3, -0.25) is 4.99 Å². The van der Waals surface area contributed by atoms with Crippen molar-refractivity contribution in [2.75, 3.05) is 6.54 Å². The third-order valence-electron chi connectivity index (χ3n) is 4.55. The van der Waals surface area contributed by atoms with Gasteiger partial charge in [0, 0.05) is 13.0 Å². The molecule has 3 heteroatoms. The monoisotopic (exact) mass is 306 g/mol. The van der Waals surface area contributed by atoms with Crippen LogP contribution in [0.25, 0.3) is 0 Å². The predicted octanol–water partition coefficient (Wildman–Crippen LogP) is 4.74. The van der Waals surface area contributed by atoms with Gasteiger partial charge < -0.3 is 5.32 Å². The molecule has 2 nitrogen and oxygen atoms in total. The Labute approximate surface area is 134 Å². The highest BCUT2D eigenvalue weighted by Crippen LogP contribution is 2.42. The van der Waals surface area contributed by atoms with Crippen LogP contribution in [0.5, 0.6) is 0 Å². The molecule has 0 radical (unpaired) electrons. The Morgan fingerprint density at radius 2 is 1.95 bits per heavy atom. The van der Waals surface area contributed by atoms with E-state index in [9.17, 15) is 0 Å². The van der Waals surface area contributed by atoms with Gasteiger partial charge in [0.1, 0.15) is 0 Å². The van der Waals surface area contributed by atoms with E-state index in [1.807, 2.05) is 0 Å². The van der Waals surface area contributed by atoms with Crippen LogP contribution in [0.1, 0.15) is 61.3 Å². The number of aryl methyl sites for hydroxylation is 2. The van der Waals surface area contributed by atoms with E-state index in [-0.39, 0.29) is 12.4 Å². The molecule has 1 saturated carbocycles. The number of nitrogens with one attached hydrogen (secondary N) is 1. The van der Waals surface area contributed by atoms with Crippen LogP contribution in [0.3, 0.4) is 0 Å². The van der Waals surface area contributed by atoms with Crippen molar-refractivity contribution in [1.29, 1.82) is 0 Å². The van der Waals surface area contributed by atoms with Gasteiger partial charge in [-0.05, 0) is 56.6 Å². The molecule has 0 spiro atoms.